The molecule has 14 heavy (non-hydrogen) atoms. The third-order valence-corrected chi connectivity index (χ3v) is 3.61. The van der Waals surface area contributed by atoms with Gasteiger partial charge < -0.3 is 10.0 Å². The van der Waals surface area contributed by atoms with Crippen LogP contribution in [0.3, 0.4) is 0 Å². The first-order chi connectivity index (χ1) is 6.66. The molecule has 1 saturated carbocycles. The van der Waals surface area contributed by atoms with Crippen LogP contribution in [0.4, 0.5) is 0 Å². The standard InChI is InChI=1S/C11H19NO2/c1-8-5-12(6-8)7-9-3-2-4-10(9)11(13)14/h8-10H,2-7H2,1H3,(H,13,14). The Hall–Kier alpha value is -0.570. The summed E-state index contributed by atoms with van der Waals surface area (Å²) in [5.74, 6) is 0.589. The average Bonchev–Trinajstić information content (AvgIpc) is 2.49. The molecule has 1 aliphatic carbocycles. The SMILES string of the molecule is CC1CN(CC2CCCC2C(=O)O)C1. The lowest BCUT2D eigenvalue weighted by Crippen LogP contribution is -2.48. The summed E-state index contributed by atoms with van der Waals surface area (Å²) in [5.41, 5.74) is 0. The maximum absolute atomic E-state index is 10.9. The molecule has 1 N–H and O–H groups in total. The Morgan fingerprint density at radius 1 is 1.43 bits per heavy atom. The molecule has 3 heteroatoms. The molecule has 0 aromatic heterocycles. The fourth-order valence-corrected chi connectivity index (χ4v) is 2.89. The van der Waals surface area contributed by atoms with Crippen LogP contribution in [0.15, 0.2) is 0 Å². The topological polar surface area (TPSA) is 40.5 Å². The Morgan fingerprint density at radius 2 is 2.14 bits per heavy atom. The zero-order chi connectivity index (χ0) is 10.1. The van der Waals surface area contributed by atoms with Crippen LogP contribution in [0.2, 0.25) is 0 Å². The van der Waals surface area contributed by atoms with E-state index in [0.29, 0.717) is 5.92 Å². The fourth-order valence-electron chi connectivity index (χ4n) is 2.89. The normalized spacial score (nSPS) is 34.4. The van der Waals surface area contributed by atoms with Crippen molar-refractivity contribution < 1.29 is 9.90 Å². The van der Waals surface area contributed by atoms with Gasteiger partial charge in [-0.15, -0.1) is 0 Å². The Balaban J connectivity index is 1.82. The minimum atomic E-state index is -0.582. The first-order valence-electron chi connectivity index (χ1n) is 5.62. The summed E-state index contributed by atoms with van der Waals surface area (Å²) in [6.45, 7) is 5.60. The second-order valence-electron chi connectivity index (χ2n) is 4.96. The summed E-state index contributed by atoms with van der Waals surface area (Å²) in [6.07, 6.45) is 3.11. The van der Waals surface area contributed by atoms with Crippen LogP contribution in [0.25, 0.3) is 0 Å². The van der Waals surface area contributed by atoms with E-state index >= 15 is 0 Å². The largest absolute Gasteiger partial charge is 0.481 e. The molecule has 1 saturated heterocycles. The molecule has 2 unspecified atom stereocenters. The molecule has 3 nitrogen and oxygen atoms in total. The van der Waals surface area contributed by atoms with Crippen molar-refractivity contribution in [1.82, 2.24) is 4.90 Å². The van der Waals surface area contributed by atoms with Crippen LogP contribution < -0.4 is 0 Å². The van der Waals surface area contributed by atoms with Gasteiger partial charge in [-0.2, -0.15) is 0 Å². The number of rotatable bonds is 3. The van der Waals surface area contributed by atoms with Crippen LogP contribution in [-0.4, -0.2) is 35.6 Å². The summed E-state index contributed by atoms with van der Waals surface area (Å²) in [5, 5.41) is 9.02. The van der Waals surface area contributed by atoms with Crippen LogP contribution >= 0.6 is 0 Å². The Bertz CT molecular complexity index is 223. The molecule has 2 aliphatic rings. The third kappa shape index (κ3) is 1.92. The second kappa shape index (κ2) is 3.89. The van der Waals surface area contributed by atoms with Gasteiger partial charge in [0, 0.05) is 19.6 Å². The Kier molecular flexibility index (Phi) is 2.77. The van der Waals surface area contributed by atoms with E-state index in [-0.39, 0.29) is 5.92 Å². The first-order valence-corrected chi connectivity index (χ1v) is 5.62. The lowest BCUT2D eigenvalue weighted by Gasteiger charge is -2.39. The Labute approximate surface area is 85.1 Å². The highest BCUT2D eigenvalue weighted by Crippen LogP contribution is 2.33. The highest BCUT2D eigenvalue weighted by molar-refractivity contribution is 5.70. The predicted octanol–water partition coefficient (Wildman–Crippen LogP) is 1.44. The van der Waals surface area contributed by atoms with Crippen LogP contribution in [-0.2, 0) is 4.79 Å². The molecule has 0 aromatic carbocycles. The molecule has 1 heterocycles. The summed E-state index contributed by atoms with van der Waals surface area (Å²) in [7, 11) is 0. The maximum Gasteiger partial charge on any atom is 0.306 e. The number of nitrogens with zero attached hydrogens (tertiary/aromatic N) is 1. The van der Waals surface area contributed by atoms with E-state index in [1.54, 1.807) is 0 Å². The highest BCUT2D eigenvalue weighted by atomic mass is 16.4. The number of likely N-dealkylation sites (tertiary alicyclic amines) is 1. The molecule has 2 atom stereocenters. The monoisotopic (exact) mass is 197 g/mol. The van der Waals surface area contributed by atoms with Gasteiger partial charge in [-0.1, -0.05) is 13.3 Å². The van der Waals surface area contributed by atoms with Gasteiger partial charge in [0.25, 0.3) is 0 Å². The van der Waals surface area contributed by atoms with Crippen molar-refractivity contribution in [3.8, 4) is 0 Å². The van der Waals surface area contributed by atoms with Gasteiger partial charge in [-0.3, -0.25) is 4.79 Å². The number of carboxylic acids is 1. The van der Waals surface area contributed by atoms with E-state index in [9.17, 15) is 4.79 Å². The van der Waals surface area contributed by atoms with Crippen molar-refractivity contribution in [2.24, 2.45) is 17.8 Å². The zero-order valence-corrected chi connectivity index (χ0v) is 8.78. The molecule has 0 radical (unpaired) electrons. The van der Waals surface area contributed by atoms with Crippen LogP contribution in [0, 0.1) is 17.8 Å². The molecule has 2 fully saturated rings. The lowest BCUT2D eigenvalue weighted by atomic mass is 9.93. The van der Waals surface area contributed by atoms with Gasteiger partial charge in [-0.05, 0) is 24.7 Å². The van der Waals surface area contributed by atoms with Crippen molar-refractivity contribution in [1.29, 1.82) is 0 Å². The summed E-state index contributed by atoms with van der Waals surface area (Å²) >= 11 is 0. The smallest absolute Gasteiger partial charge is 0.306 e. The molecule has 0 bridgehead atoms. The average molecular weight is 197 g/mol. The van der Waals surface area contributed by atoms with Crippen LogP contribution in [0.1, 0.15) is 26.2 Å². The summed E-state index contributed by atoms with van der Waals surface area (Å²) < 4.78 is 0. The van der Waals surface area contributed by atoms with Crippen molar-refractivity contribution in [3.63, 3.8) is 0 Å². The zero-order valence-electron chi connectivity index (χ0n) is 8.78. The molecule has 0 aromatic rings. The van der Waals surface area contributed by atoms with Crippen molar-refractivity contribution in [2.45, 2.75) is 26.2 Å². The fraction of sp³-hybridized carbons (Fsp3) is 0.909. The minimum absolute atomic E-state index is 0.0640. The molecule has 0 spiro atoms. The van der Waals surface area contributed by atoms with Crippen molar-refractivity contribution >= 4 is 5.97 Å². The lowest BCUT2D eigenvalue weighted by molar-refractivity contribution is -0.143. The van der Waals surface area contributed by atoms with E-state index in [1.807, 2.05) is 0 Å². The highest BCUT2D eigenvalue weighted by Gasteiger charge is 2.35. The third-order valence-electron chi connectivity index (χ3n) is 3.61. The van der Waals surface area contributed by atoms with E-state index in [2.05, 4.69) is 11.8 Å². The molecule has 2 rings (SSSR count). The molecule has 80 valence electrons. The quantitative estimate of drug-likeness (QED) is 0.744. The molecular weight excluding hydrogens is 178 g/mol. The van der Waals surface area contributed by atoms with Gasteiger partial charge in [0.2, 0.25) is 0 Å². The predicted molar refractivity (Wildman–Crippen MR) is 54.1 cm³/mol. The van der Waals surface area contributed by atoms with Gasteiger partial charge in [0.15, 0.2) is 0 Å². The first kappa shape index (κ1) is 9.97. The second-order valence-corrected chi connectivity index (χ2v) is 4.96. The van der Waals surface area contributed by atoms with E-state index in [0.717, 1.165) is 31.7 Å². The molecule has 0 amide bonds. The van der Waals surface area contributed by atoms with Crippen LogP contribution in [0.5, 0.6) is 0 Å². The van der Waals surface area contributed by atoms with E-state index in [1.165, 1.54) is 13.1 Å². The maximum atomic E-state index is 10.9. The number of carbonyl (C=O) groups is 1. The van der Waals surface area contributed by atoms with E-state index < -0.39 is 5.97 Å². The van der Waals surface area contributed by atoms with Gasteiger partial charge >= 0.3 is 5.97 Å². The number of hydrogen-bond donors (Lipinski definition) is 1. The number of aliphatic carboxylic acids is 1. The van der Waals surface area contributed by atoms with Crippen molar-refractivity contribution in [2.75, 3.05) is 19.6 Å². The molecule has 1 aliphatic heterocycles. The van der Waals surface area contributed by atoms with Gasteiger partial charge in [-0.25, -0.2) is 0 Å². The minimum Gasteiger partial charge on any atom is -0.481 e. The summed E-state index contributed by atoms with van der Waals surface area (Å²) in [4.78, 5) is 13.3. The van der Waals surface area contributed by atoms with Crippen molar-refractivity contribution in [3.05, 3.63) is 0 Å². The number of carboxylic acid groups (broad SMARTS) is 1. The number of hydrogen-bond acceptors (Lipinski definition) is 2. The van der Waals surface area contributed by atoms with Gasteiger partial charge in [0.05, 0.1) is 5.92 Å². The Morgan fingerprint density at radius 3 is 2.71 bits per heavy atom. The molecular formula is C11H19NO2. The van der Waals surface area contributed by atoms with Gasteiger partial charge in [0.1, 0.15) is 0 Å². The summed E-state index contributed by atoms with van der Waals surface area (Å²) in [6, 6.07) is 0. The van der Waals surface area contributed by atoms with E-state index in [4.69, 9.17) is 5.11 Å².